The van der Waals surface area contributed by atoms with Crippen LogP contribution in [-0.4, -0.2) is 29.3 Å². The van der Waals surface area contributed by atoms with Crippen LogP contribution in [0.15, 0.2) is 30.3 Å². The fourth-order valence-corrected chi connectivity index (χ4v) is 2.65. The predicted molar refractivity (Wildman–Crippen MR) is 103 cm³/mol. The van der Waals surface area contributed by atoms with E-state index in [2.05, 4.69) is 17.2 Å². The van der Waals surface area contributed by atoms with Crippen molar-refractivity contribution in [2.24, 2.45) is 5.92 Å². The minimum Gasteiger partial charge on any atom is -0.493 e. The Morgan fingerprint density at radius 2 is 1.96 bits per heavy atom. The van der Waals surface area contributed by atoms with Crippen molar-refractivity contribution in [3.05, 3.63) is 47.7 Å². The van der Waals surface area contributed by atoms with Crippen molar-refractivity contribution in [3.63, 3.8) is 0 Å². The highest BCUT2D eigenvalue weighted by molar-refractivity contribution is 5.67. The van der Waals surface area contributed by atoms with Crippen LogP contribution in [0.1, 0.15) is 39.3 Å². The topological polar surface area (TPSA) is 54.4 Å². The van der Waals surface area contributed by atoms with Crippen molar-refractivity contribution >= 4 is 0 Å². The van der Waals surface area contributed by atoms with Crippen LogP contribution in [0.25, 0.3) is 11.3 Å². The van der Waals surface area contributed by atoms with Crippen LogP contribution in [0.5, 0.6) is 5.75 Å². The van der Waals surface area contributed by atoms with Crippen molar-refractivity contribution in [3.8, 4) is 17.0 Å². The van der Waals surface area contributed by atoms with E-state index in [9.17, 15) is 13.9 Å². The summed E-state index contributed by atoms with van der Waals surface area (Å²) in [4.78, 5) is 4.37. The summed E-state index contributed by atoms with van der Waals surface area (Å²) in [6.45, 7) is 6.66. The number of hydrogen-bond donors (Lipinski definition) is 2. The molecule has 0 aliphatic carbocycles. The Kier molecular flexibility index (Phi) is 8.13. The van der Waals surface area contributed by atoms with E-state index < -0.39 is 11.6 Å². The van der Waals surface area contributed by atoms with Gasteiger partial charge in [-0.25, -0.2) is 13.8 Å². The smallest absolute Gasteiger partial charge is 0.146 e. The second-order valence-corrected chi connectivity index (χ2v) is 6.88. The molecule has 1 atom stereocenters. The second-order valence-electron chi connectivity index (χ2n) is 6.88. The minimum atomic E-state index is -0.448. The summed E-state index contributed by atoms with van der Waals surface area (Å²) in [5.74, 6) is -0.128. The van der Waals surface area contributed by atoms with Gasteiger partial charge in [-0.3, -0.25) is 0 Å². The maximum absolute atomic E-state index is 14.2. The van der Waals surface area contributed by atoms with Gasteiger partial charge >= 0.3 is 0 Å². The lowest BCUT2D eigenvalue weighted by Crippen LogP contribution is -2.36. The van der Waals surface area contributed by atoms with Crippen molar-refractivity contribution < 1.29 is 18.6 Å². The van der Waals surface area contributed by atoms with Crippen LogP contribution in [-0.2, 0) is 6.54 Å². The van der Waals surface area contributed by atoms with Gasteiger partial charge in [-0.1, -0.05) is 27.2 Å². The maximum Gasteiger partial charge on any atom is 0.146 e. The van der Waals surface area contributed by atoms with Crippen LogP contribution < -0.4 is 10.1 Å². The first-order chi connectivity index (χ1) is 13.0. The molecule has 1 aromatic carbocycles. The van der Waals surface area contributed by atoms with Gasteiger partial charge in [0, 0.05) is 18.2 Å². The van der Waals surface area contributed by atoms with Crippen molar-refractivity contribution in [2.75, 3.05) is 13.2 Å². The molecule has 0 aliphatic heterocycles. The second kappa shape index (κ2) is 10.3. The normalized spacial score (nSPS) is 12.4. The molecule has 2 N–H and O–H groups in total. The van der Waals surface area contributed by atoms with E-state index in [1.54, 1.807) is 6.07 Å². The largest absolute Gasteiger partial charge is 0.493 e. The highest BCUT2D eigenvalue weighted by Gasteiger charge is 2.15. The zero-order valence-corrected chi connectivity index (χ0v) is 16.1. The summed E-state index contributed by atoms with van der Waals surface area (Å²) in [6.07, 6.45) is 1.88. The Balaban J connectivity index is 2.27. The van der Waals surface area contributed by atoms with Gasteiger partial charge in [-0.05, 0) is 42.7 Å². The number of rotatable bonds is 10. The lowest BCUT2D eigenvalue weighted by atomic mass is 10.1. The molecular formula is C21H28F2N2O2. The maximum atomic E-state index is 14.2. The lowest BCUT2D eigenvalue weighted by molar-refractivity contribution is 0.209. The molecule has 6 heteroatoms. The first-order valence-corrected chi connectivity index (χ1v) is 9.38. The van der Waals surface area contributed by atoms with Crippen LogP contribution in [0.3, 0.4) is 0 Å². The zero-order chi connectivity index (χ0) is 19.8. The van der Waals surface area contributed by atoms with E-state index in [0.29, 0.717) is 23.6 Å². The molecule has 0 fully saturated rings. The number of aromatic nitrogens is 1. The first kappa shape index (κ1) is 21.3. The molecule has 2 aromatic rings. The van der Waals surface area contributed by atoms with Gasteiger partial charge in [-0.2, -0.15) is 0 Å². The molecule has 4 nitrogen and oxygen atoms in total. The standard InChI is InChI=1S/C21H28F2N2O2/c1-4-5-10-27-21-9-6-15(22)11-16(21)18-8-7-17(23)19(25-18)12-24-20(13-26)14(2)3/h6-9,11,14,20,24,26H,4-5,10,12-13H2,1-3H3/t20-/m0/s1. The Morgan fingerprint density at radius 1 is 1.19 bits per heavy atom. The average molecular weight is 378 g/mol. The number of ether oxygens (including phenoxy) is 1. The monoisotopic (exact) mass is 378 g/mol. The minimum absolute atomic E-state index is 0.0434. The number of nitrogens with one attached hydrogen (secondary N) is 1. The number of unbranched alkanes of at least 4 members (excludes halogenated alkanes) is 1. The summed E-state index contributed by atoms with van der Waals surface area (Å²) >= 11 is 0. The molecule has 0 saturated heterocycles. The SMILES string of the molecule is CCCCOc1ccc(F)cc1-c1ccc(F)c(CN[C@@H](CO)C(C)C)n1. The van der Waals surface area contributed by atoms with E-state index in [-0.39, 0.29) is 30.8 Å². The van der Waals surface area contributed by atoms with E-state index in [1.165, 1.54) is 24.3 Å². The number of nitrogens with zero attached hydrogens (tertiary/aromatic N) is 1. The number of aliphatic hydroxyl groups excluding tert-OH is 1. The van der Waals surface area contributed by atoms with Crippen molar-refractivity contribution in [2.45, 2.75) is 46.2 Å². The summed E-state index contributed by atoms with van der Waals surface area (Å²) in [6, 6.07) is 6.95. The Labute approximate surface area is 159 Å². The van der Waals surface area contributed by atoms with Gasteiger partial charge in [0.1, 0.15) is 17.4 Å². The molecule has 2 rings (SSSR count). The van der Waals surface area contributed by atoms with Gasteiger partial charge in [0.2, 0.25) is 0 Å². The Bertz CT molecular complexity index is 738. The van der Waals surface area contributed by atoms with E-state index in [0.717, 1.165) is 12.8 Å². The first-order valence-electron chi connectivity index (χ1n) is 9.38. The molecule has 0 aliphatic rings. The quantitative estimate of drug-likeness (QED) is 0.605. The number of aliphatic hydroxyl groups is 1. The predicted octanol–water partition coefficient (Wildman–Crippen LogP) is 4.31. The van der Waals surface area contributed by atoms with Crippen molar-refractivity contribution in [1.82, 2.24) is 10.3 Å². The van der Waals surface area contributed by atoms with Crippen LogP contribution in [0.2, 0.25) is 0 Å². The molecule has 1 heterocycles. The number of pyridine rings is 1. The van der Waals surface area contributed by atoms with Gasteiger partial charge in [0.25, 0.3) is 0 Å². The third-order valence-corrected chi connectivity index (χ3v) is 4.42. The molecule has 0 saturated carbocycles. The molecule has 0 radical (unpaired) electrons. The molecule has 148 valence electrons. The number of halogens is 2. The Hall–Kier alpha value is -2.05. The molecular weight excluding hydrogens is 350 g/mol. The number of hydrogen-bond acceptors (Lipinski definition) is 4. The van der Waals surface area contributed by atoms with E-state index in [1.807, 2.05) is 13.8 Å². The summed E-state index contributed by atoms with van der Waals surface area (Å²) in [7, 11) is 0. The van der Waals surface area contributed by atoms with E-state index >= 15 is 0 Å². The molecule has 0 spiro atoms. The van der Waals surface area contributed by atoms with E-state index in [4.69, 9.17) is 4.74 Å². The summed E-state index contributed by atoms with van der Waals surface area (Å²) in [5, 5.41) is 12.5. The van der Waals surface area contributed by atoms with Gasteiger partial charge in [-0.15, -0.1) is 0 Å². The van der Waals surface area contributed by atoms with Gasteiger partial charge in [0.15, 0.2) is 0 Å². The Morgan fingerprint density at radius 3 is 2.63 bits per heavy atom. The van der Waals surface area contributed by atoms with Gasteiger partial charge in [0.05, 0.1) is 24.6 Å². The van der Waals surface area contributed by atoms with Crippen molar-refractivity contribution in [1.29, 1.82) is 0 Å². The molecule has 1 aromatic heterocycles. The molecule has 0 amide bonds. The molecule has 0 unspecified atom stereocenters. The molecule has 27 heavy (non-hydrogen) atoms. The van der Waals surface area contributed by atoms with Crippen LogP contribution in [0, 0.1) is 17.6 Å². The third kappa shape index (κ3) is 5.97. The average Bonchev–Trinajstić information content (AvgIpc) is 2.64. The van der Waals surface area contributed by atoms with Crippen LogP contribution >= 0.6 is 0 Å². The van der Waals surface area contributed by atoms with Gasteiger partial charge < -0.3 is 15.2 Å². The fraction of sp³-hybridized carbons (Fsp3) is 0.476. The highest BCUT2D eigenvalue weighted by Crippen LogP contribution is 2.30. The lowest BCUT2D eigenvalue weighted by Gasteiger charge is -2.20. The summed E-state index contributed by atoms with van der Waals surface area (Å²) in [5.41, 5.74) is 1.16. The summed E-state index contributed by atoms with van der Waals surface area (Å²) < 4.78 is 33.7. The fourth-order valence-electron chi connectivity index (χ4n) is 2.65. The zero-order valence-electron chi connectivity index (χ0n) is 16.1. The number of benzene rings is 1. The molecule has 0 bridgehead atoms. The highest BCUT2D eigenvalue weighted by atomic mass is 19.1. The van der Waals surface area contributed by atoms with Crippen LogP contribution in [0.4, 0.5) is 8.78 Å². The third-order valence-electron chi connectivity index (χ3n) is 4.42.